The average Bonchev–Trinajstić information content (AvgIpc) is 3.43. The van der Waals surface area contributed by atoms with Crippen molar-refractivity contribution in [3.05, 3.63) is 162 Å². The monoisotopic (exact) mass is 636 g/mol. The summed E-state index contributed by atoms with van der Waals surface area (Å²) in [5.74, 6) is 2.05. The van der Waals surface area contributed by atoms with Gasteiger partial charge in [-0.25, -0.2) is 4.99 Å². The van der Waals surface area contributed by atoms with Crippen LogP contribution in [0.1, 0.15) is 40.3 Å². The standard InChI is InChI=1S/C40H32N2O4S/c1-44-34-21-17-28(23-35(34)45-2)38-33-20-16-27-9-4-6-13-32(27)37(33)41-40-42(38)39(43)36(47-40)22-25-14-18-30(19-15-25)46-24-29-11-7-10-26-8-3-5-12-31(26)29/h3-15,17-19,21-23,38H,16,20,24H2,1-2H3/b36-22+/t38-/m0/s1. The molecule has 1 aromatic heterocycles. The first-order valence-electron chi connectivity index (χ1n) is 15.7. The number of hydrogen-bond acceptors (Lipinski definition) is 6. The summed E-state index contributed by atoms with van der Waals surface area (Å²) in [5.41, 5.74) is 7.49. The number of aromatic nitrogens is 1. The quantitative estimate of drug-likeness (QED) is 0.188. The molecule has 1 atom stereocenters. The summed E-state index contributed by atoms with van der Waals surface area (Å²) < 4.78 is 19.8. The fourth-order valence-corrected chi connectivity index (χ4v) is 7.74. The Labute approximate surface area is 276 Å². The first kappa shape index (κ1) is 29.0. The van der Waals surface area contributed by atoms with Gasteiger partial charge in [0.1, 0.15) is 12.4 Å². The molecule has 47 heavy (non-hydrogen) atoms. The van der Waals surface area contributed by atoms with E-state index in [1.165, 1.54) is 27.7 Å². The van der Waals surface area contributed by atoms with Crippen LogP contribution >= 0.6 is 11.3 Å². The number of aryl methyl sites for hydroxylation is 1. The number of ether oxygens (including phenoxy) is 3. The van der Waals surface area contributed by atoms with Gasteiger partial charge in [-0.15, -0.1) is 0 Å². The zero-order valence-electron chi connectivity index (χ0n) is 26.1. The molecule has 5 aromatic carbocycles. The van der Waals surface area contributed by atoms with Gasteiger partial charge in [-0.1, -0.05) is 96.3 Å². The molecular weight excluding hydrogens is 605 g/mol. The molecule has 0 fully saturated rings. The third-order valence-corrected chi connectivity index (χ3v) is 10.0. The Kier molecular flexibility index (Phi) is 7.46. The van der Waals surface area contributed by atoms with E-state index in [4.69, 9.17) is 19.2 Å². The normalized spacial score (nSPS) is 15.4. The maximum Gasteiger partial charge on any atom is 0.271 e. The Bertz CT molecular complexity index is 2360. The van der Waals surface area contributed by atoms with E-state index in [0.717, 1.165) is 52.1 Å². The zero-order valence-corrected chi connectivity index (χ0v) is 26.9. The SMILES string of the molecule is COc1ccc([C@H]2C3=C(N=c4s/c(=C/c5ccc(OCc6cccc7ccccc67)cc5)c(=O)n42)c2ccccc2CC3)cc1OC. The molecule has 232 valence electrons. The van der Waals surface area contributed by atoms with Gasteiger partial charge in [0.2, 0.25) is 0 Å². The molecule has 8 rings (SSSR count). The van der Waals surface area contributed by atoms with Crippen LogP contribution in [0.5, 0.6) is 17.2 Å². The topological polar surface area (TPSA) is 62.0 Å². The van der Waals surface area contributed by atoms with Crippen LogP contribution in [0.2, 0.25) is 0 Å². The second-order valence-electron chi connectivity index (χ2n) is 11.7. The molecule has 0 saturated carbocycles. The molecule has 2 aliphatic rings. The van der Waals surface area contributed by atoms with E-state index in [1.54, 1.807) is 14.2 Å². The number of fused-ring (bicyclic) bond motifs is 4. The fourth-order valence-electron chi connectivity index (χ4n) is 6.74. The number of allylic oxidation sites excluding steroid dienone is 1. The first-order chi connectivity index (χ1) is 23.1. The van der Waals surface area contributed by atoms with Crippen LogP contribution in [0.3, 0.4) is 0 Å². The van der Waals surface area contributed by atoms with E-state index < -0.39 is 0 Å². The molecule has 1 aliphatic carbocycles. The maximum atomic E-state index is 14.2. The van der Waals surface area contributed by atoms with Gasteiger partial charge in [0.05, 0.1) is 30.5 Å². The summed E-state index contributed by atoms with van der Waals surface area (Å²) in [6.45, 7) is 0.475. The average molecular weight is 637 g/mol. The van der Waals surface area contributed by atoms with E-state index >= 15 is 0 Å². The summed E-state index contributed by atoms with van der Waals surface area (Å²) in [6.07, 6.45) is 3.66. The highest BCUT2D eigenvalue weighted by Gasteiger charge is 2.33. The Morgan fingerprint density at radius 3 is 2.49 bits per heavy atom. The van der Waals surface area contributed by atoms with Gasteiger partial charge >= 0.3 is 0 Å². The highest BCUT2D eigenvalue weighted by atomic mass is 32.1. The van der Waals surface area contributed by atoms with Crippen LogP contribution in [0.4, 0.5) is 0 Å². The number of thiazole rings is 1. The van der Waals surface area contributed by atoms with Crippen molar-refractivity contribution >= 4 is 33.9 Å². The van der Waals surface area contributed by atoms with Crippen LogP contribution in [0, 0.1) is 0 Å². The van der Waals surface area contributed by atoms with Gasteiger partial charge in [-0.3, -0.25) is 9.36 Å². The van der Waals surface area contributed by atoms with Crippen molar-refractivity contribution in [2.24, 2.45) is 4.99 Å². The highest BCUT2D eigenvalue weighted by Crippen LogP contribution is 2.42. The predicted molar refractivity (Wildman–Crippen MR) is 187 cm³/mol. The van der Waals surface area contributed by atoms with Crippen molar-refractivity contribution in [3.63, 3.8) is 0 Å². The van der Waals surface area contributed by atoms with E-state index in [1.807, 2.05) is 59.2 Å². The lowest BCUT2D eigenvalue weighted by atomic mass is 9.83. The minimum atomic E-state index is -0.304. The lowest BCUT2D eigenvalue weighted by Crippen LogP contribution is -2.38. The molecule has 0 saturated heterocycles. The molecule has 2 heterocycles. The number of rotatable bonds is 7. The smallest absolute Gasteiger partial charge is 0.271 e. The van der Waals surface area contributed by atoms with Gasteiger partial charge in [-0.2, -0.15) is 0 Å². The fraction of sp³-hybridized carbons (Fsp3) is 0.150. The van der Waals surface area contributed by atoms with Gasteiger partial charge in [-0.05, 0) is 81.8 Å². The van der Waals surface area contributed by atoms with Crippen molar-refractivity contribution in [2.45, 2.75) is 25.5 Å². The summed E-state index contributed by atoms with van der Waals surface area (Å²) in [4.78, 5) is 20.0. The Balaban J connectivity index is 1.16. The third kappa shape index (κ3) is 5.22. The lowest BCUT2D eigenvalue weighted by molar-refractivity contribution is 0.307. The molecule has 0 radical (unpaired) electrons. The summed E-state index contributed by atoms with van der Waals surface area (Å²) >= 11 is 1.42. The number of methoxy groups -OCH3 is 2. The zero-order chi connectivity index (χ0) is 31.9. The van der Waals surface area contributed by atoms with Crippen LogP contribution in [0.25, 0.3) is 22.5 Å². The molecule has 0 N–H and O–H groups in total. The first-order valence-corrected chi connectivity index (χ1v) is 16.5. The van der Waals surface area contributed by atoms with Gasteiger partial charge in [0.15, 0.2) is 16.3 Å². The van der Waals surface area contributed by atoms with Crippen LogP contribution in [-0.4, -0.2) is 18.8 Å². The predicted octanol–water partition coefficient (Wildman–Crippen LogP) is 7.07. The summed E-state index contributed by atoms with van der Waals surface area (Å²) in [5, 5.41) is 2.39. The molecule has 0 amide bonds. The minimum Gasteiger partial charge on any atom is -0.493 e. The Hall–Kier alpha value is -5.40. The van der Waals surface area contributed by atoms with Crippen LogP contribution < -0.4 is 29.1 Å². The minimum absolute atomic E-state index is 0.0600. The van der Waals surface area contributed by atoms with Gasteiger partial charge < -0.3 is 14.2 Å². The van der Waals surface area contributed by atoms with E-state index in [9.17, 15) is 4.79 Å². The molecule has 7 heteroatoms. The Morgan fingerprint density at radius 1 is 0.851 bits per heavy atom. The second kappa shape index (κ2) is 12.1. The lowest BCUT2D eigenvalue weighted by Gasteiger charge is -2.31. The largest absolute Gasteiger partial charge is 0.493 e. The van der Waals surface area contributed by atoms with Crippen molar-refractivity contribution in [3.8, 4) is 17.2 Å². The molecule has 0 bridgehead atoms. The van der Waals surface area contributed by atoms with Gasteiger partial charge in [0.25, 0.3) is 5.56 Å². The van der Waals surface area contributed by atoms with Crippen LogP contribution in [0.15, 0.2) is 125 Å². The summed E-state index contributed by atoms with van der Waals surface area (Å²) in [6, 6.07) is 36.5. The number of nitrogens with zero attached hydrogens (tertiary/aromatic N) is 2. The van der Waals surface area contributed by atoms with E-state index in [0.29, 0.717) is 27.4 Å². The Morgan fingerprint density at radius 2 is 1.64 bits per heavy atom. The molecule has 0 spiro atoms. The van der Waals surface area contributed by atoms with Gasteiger partial charge in [0, 0.05) is 5.56 Å². The molecule has 6 aromatic rings. The van der Waals surface area contributed by atoms with E-state index in [-0.39, 0.29) is 11.6 Å². The molecule has 6 nitrogen and oxygen atoms in total. The van der Waals surface area contributed by atoms with Crippen molar-refractivity contribution in [1.82, 2.24) is 4.57 Å². The highest BCUT2D eigenvalue weighted by molar-refractivity contribution is 7.07. The number of hydrogen-bond donors (Lipinski definition) is 0. The third-order valence-electron chi connectivity index (χ3n) is 9.05. The molecule has 1 aliphatic heterocycles. The number of benzene rings is 5. The second-order valence-corrected chi connectivity index (χ2v) is 12.7. The van der Waals surface area contributed by atoms with Crippen molar-refractivity contribution < 1.29 is 14.2 Å². The maximum absolute atomic E-state index is 14.2. The van der Waals surface area contributed by atoms with E-state index in [2.05, 4.69) is 60.7 Å². The molecular formula is C40H32N2O4S. The molecule has 0 unspecified atom stereocenters. The van der Waals surface area contributed by atoms with Crippen molar-refractivity contribution in [2.75, 3.05) is 14.2 Å². The van der Waals surface area contributed by atoms with Crippen molar-refractivity contribution in [1.29, 1.82) is 0 Å². The van der Waals surface area contributed by atoms with Crippen LogP contribution in [-0.2, 0) is 13.0 Å². The summed E-state index contributed by atoms with van der Waals surface area (Å²) in [7, 11) is 3.26.